The number of carbonyl (C=O) groups excluding carboxylic acids is 3. The molecule has 9 nitrogen and oxygen atoms in total. The van der Waals surface area contributed by atoms with Crippen LogP contribution in [0.4, 0.5) is 4.79 Å². The van der Waals surface area contributed by atoms with Crippen LogP contribution in [0.3, 0.4) is 0 Å². The van der Waals surface area contributed by atoms with Crippen molar-refractivity contribution in [2.45, 2.75) is 36.2 Å². The van der Waals surface area contributed by atoms with Crippen molar-refractivity contribution < 1.29 is 23.9 Å². The van der Waals surface area contributed by atoms with Gasteiger partial charge in [-0.25, -0.2) is 9.59 Å². The van der Waals surface area contributed by atoms with Gasteiger partial charge in [-0.15, -0.1) is 0 Å². The van der Waals surface area contributed by atoms with E-state index in [0.717, 1.165) is 16.0 Å². The zero-order valence-corrected chi connectivity index (χ0v) is 26.2. The van der Waals surface area contributed by atoms with E-state index in [4.69, 9.17) is 9.47 Å². The Hall–Kier alpha value is -5.22. The van der Waals surface area contributed by atoms with Gasteiger partial charge in [-0.05, 0) is 87.5 Å². The Bertz CT molecular complexity index is 1860. The number of amides is 1. The highest BCUT2D eigenvalue weighted by Gasteiger charge is 2.23. The van der Waals surface area contributed by atoms with Gasteiger partial charge in [0, 0.05) is 28.4 Å². The van der Waals surface area contributed by atoms with Crippen molar-refractivity contribution in [1.29, 1.82) is 0 Å². The molecule has 3 aromatic carbocycles. The summed E-state index contributed by atoms with van der Waals surface area (Å²) in [4.78, 5) is 46.1. The fourth-order valence-electron chi connectivity index (χ4n) is 4.33. The maximum atomic E-state index is 13.4. The first-order valence-electron chi connectivity index (χ1n) is 14.2. The van der Waals surface area contributed by atoms with Gasteiger partial charge in [-0.3, -0.25) is 9.78 Å². The van der Waals surface area contributed by atoms with Gasteiger partial charge in [0.1, 0.15) is 5.60 Å². The quantitative estimate of drug-likeness (QED) is 0.130. The average molecular weight is 621 g/mol. The number of esters is 1. The molecule has 0 N–H and O–H groups in total. The number of hydrogen-bond donors (Lipinski definition) is 0. The van der Waals surface area contributed by atoms with Crippen LogP contribution in [0.15, 0.2) is 107 Å². The van der Waals surface area contributed by atoms with Crippen LogP contribution in [0, 0.1) is 0 Å². The largest absolute Gasteiger partial charge is 0.442 e. The van der Waals surface area contributed by atoms with Crippen molar-refractivity contribution in [2.75, 3.05) is 13.8 Å². The van der Waals surface area contributed by atoms with Gasteiger partial charge in [-0.1, -0.05) is 48.2 Å². The number of hydrogen-bond acceptors (Lipinski definition) is 8. The van der Waals surface area contributed by atoms with E-state index >= 15 is 0 Å². The molecule has 0 fully saturated rings. The molecule has 1 amide bonds. The van der Waals surface area contributed by atoms with Gasteiger partial charge in [0.15, 0.2) is 6.73 Å². The Labute approximate surface area is 265 Å². The molecule has 0 saturated heterocycles. The summed E-state index contributed by atoms with van der Waals surface area (Å²) in [6.07, 6.45) is 4.75. The van der Waals surface area contributed by atoms with Gasteiger partial charge >= 0.3 is 12.1 Å². The fourth-order valence-corrected chi connectivity index (χ4v) is 5.30. The molecule has 5 rings (SSSR count). The summed E-state index contributed by atoms with van der Waals surface area (Å²) in [5.41, 5.74) is 2.03. The number of fused-ring (bicyclic) bond motifs is 1. The molecule has 2 heterocycles. The third-order valence-electron chi connectivity index (χ3n) is 6.44. The van der Waals surface area contributed by atoms with Crippen molar-refractivity contribution in [2.24, 2.45) is 0 Å². The highest BCUT2D eigenvalue weighted by Crippen LogP contribution is 2.34. The maximum Gasteiger partial charge on any atom is 0.435 e. The van der Waals surface area contributed by atoms with E-state index in [2.05, 4.69) is 10.1 Å². The smallest absolute Gasteiger partial charge is 0.435 e. The lowest BCUT2D eigenvalue weighted by atomic mass is 10.2. The molecule has 228 valence electrons. The van der Waals surface area contributed by atoms with Crippen LogP contribution in [0.2, 0.25) is 0 Å². The van der Waals surface area contributed by atoms with Crippen LogP contribution < -0.4 is 0 Å². The van der Waals surface area contributed by atoms with Crippen LogP contribution in [-0.4, -0.2) is 57.0 Å². The molecule has 0 aliphatic carbocycles. The minimum absolute atomic E-state index is 0.207. The minimum Gasteiger partial charge on any atom is -0.442 e. The van der Waals surface area contributed by atoms with E-state index in [1.54, 1.807) is 70.4 Å². The third kappa shape index (κ3) is 7.84. The zero-order chi connectivity index (χ0) is 32.0. The number of nitrogens with zero attached hydrogens (tertiary/aromatic N) is 4. The van der Waals surface area contributed by atoms with Crippen molar-refractivity contribution >= 4 is 52.8 Å². The van der Waals surface area contributed by atoms with E-state index in [1.807, 2.05) is 66.7 Å². The summed E-state index contributed by atoms with van der Waals surface area (Å²) in [6.45, 7) is 5.19. The predicted molar refractivity (Wildman–Crippen MR) is 174 cm³/mol. The number of rotatable bonds is 8. The van der Waals surface area contributed by atoms with Crippen LogP contribution in [0.25, 0.3) is 23.1 Å². The van der Waals surface area contributed by atoms with Crippen molar-refractivity contribution in [3.8, 4) is 0 Å². The normalized spacial score (nSPS) is 11.5. The Morgan fingerprint density at radius 3 is 2.38 bits per heavy atom. The lowest BCUT2D eigenvalue weighted by Crippen LogP contribution is -2.30. The zero-order valence-electron chi connectivity index (χ0n) is 25.3. The molecular formula is C35H32N4O5S. The number of aromatic nitrogens is 3. The third-order valence-corrected chi connectivity index (χ3v) is 7.50. The van der Waals surface area contributed by atoms with E-state index in [1.165, 1.54) is 21.3 Å². The highest BCUT2D eigenvalue weighted by molar-refractivity contribution is 7.99. The predicted octanol–water partition coefficient (Wildman–Crippen LogP) is 7.42. The maximum absolute atomic E-state index is 13.4. The summed E-state index contributed by atoms with van der Waals surface area (Å²) in [5.74, 6) is -0.817. The number of carbonyl (C=O) groups is 3. The van der Waals surface area contributed by atoms with Crippen LogP contribution >= 0.6 is 11.8 Å². The SMILES string of the molecule is CN(COC(=O)c1ccccc1)C(=O)c1ccccc1Sc1ccc2c(/C=C/c3ccccn3)nn(C(=O)OC(C)(C)C)c2c1. The van der Waals surface area contributed by atoms with E-state index in [9.17, 15) is 14.4 Å². The summed E-state index contributed by atoms with van der Waals surface area (Å²) in [7, 11) is 1.58. The summed E-state index contributed by atoms with van der Waals surface area (Å²) in [6, 6.07) is 27.1. The van der Waals surface area contributed by atoms with E-state index in [-0.39, 0.29) is 12.6 Å². The van der Waals surface area contributed by atoms with Crippen LogP contribution in [-0.2, 0) is 9.47 Å². The molecule has 0 spiro atoms. The van der Waals surface area contributed by atoms with Crippen LogP contribution in [0.1, 0.15) is 52.9 Å². The Kier molecular flexibility index (Phi) is 9.44. The molecule has 10 heteroatoms. The first kappa shape index (κ1) is 31.2. The Balaban J connectivity index is 1.41. The van der Waals surface area contributed by atoms with Crippen molar-refractivity contribution in [3.63, 3.8) is 0 Å². The number of pyridine rings is 1. The molecule has 0 bridgehead atoms. The summed E-state index contributed by atoms with van der Waals surface area (Å²) >= 11 is 1.37. The molecule has 0 saturated carbocycles. The average Bonchev–Trinajstić information content (AvgIpc) is 3.40. The molecule has 0 atom stereocenters. The topological polar surface area (TPSA) is 104 Å². The second-order valence-corrected chi connectivity index (χ2v) is 12.2. The second kappa shape index (κ2) is 13.6. The van der Waals surface area contributed by atoms with Gasteiger partial charge < -0.3 is 14.4 Å². The monoisotopic (exact) mass is 620 g/mol. The molecule has 0 aliphatic heterocycles. The fraction of sp³-hybridized carbons (Fsp3) is 0.171. The lowest BCUT2D eigenvalue weighted by molar-refractivity contribution is 0.0259. The number of benzene rings is 3. The van der Waals surface area contributed by atoms with Crippen LogP contribution in [0.5, 0.6) is 0 Å². The van der Waals surface area contributed by atoms with E-state index in [0.29, 0.717) is 27.2 Å². The standard InChI is InChI=1S/C35H32N4O5S/c1-35(2,3)44-34(42)39-30-22-26(18-19-27(30)29(37-39)20-17-25-14-10-11-21-36-25)45-31-16-9-8-15-28(31)32(40)38(4)23-43-33(41)24-12-6-5-7-13-24/h5-22H,23H2,1-4H3/b20-17+. The molecule has 0 unspecified atom stereocenters. The summed E-state index contributed by atoms with van der Waals surface area (Å²) < 4.78 is 12.3. The first-order valence-corrected chi connectivity index (χ1v) is 15.0. The summed E-state index contributed by atoms with van der Waals surface area (Å²) in [5, 5.41) is 5.33. The Morgan fingerprint density at radius 2 is 1.64 bits per heavy atom. The van der Waals surface area contributed by atoms with Crippen molar-refractivity contribution in [1.82, 2.24) is 19.7 Å². The Morgan fingerprint density at radius 1 is 0.911 bits per heavy atom. The number of ether oxygens (including phenoxy) is 2. The second-order valence-electron chi connectivity index (χ2n) is 11.1. The lowest BCUT2D eigenvalue weighted by Gasteiger charge is -2.19. The first-order chi connectivity index (χ1) is 21.6. The van der Waals surface area contributed by atoms with Crippen molar-refractivity contribution in [3.05, 3.63) is 120 Å². The van der Waals surface area contributed by atoms with Gasteiger partial charge in [-0.2, -0.15) is 9.78 Å². The molecule has 2 aromatic heterocycles. The molecule has 0 radical (unpaired) electrons. The van der Waals surface area contributed by atoms with Gasteiger partial charge in [0.05, 0.1) is 28.0 Å². The molecule has 0 aliphatic rings. The van der Waals surface area contributed by atoms with E-state index < -0.39 is 17.7 Å². The van der Waals surface area contributed by atoms with Gasteiger partial charge in [0.25, 0.3) is 5.91 Å². The molecule has 5 aromatic rings. The minimum atomic E-state index is -0.716. The molecular weight excluding hydrogens is 588 g/mol. The highest BCUT2D eigenvalue weighted by atomic mass is 32.2. The van der Waals surface area contributed by atoms with Gasteiger partial charge in [0.2, 0.25) is 0 Å². The molecule has 45 heavy (non-hydrogen) atoms.